The Bertz CT molecular complexity index is 443. The Hall–Kier alpha value is -1.15. The van der Waals surface area contributed by atoms with Crippen molar-refractivity contribution in [3.63, 3.8) is 0 Å². The van der Waals surface area contributed by atoms with Gasteiger partial charge in [0, 0.05) is 0 Å². The van der Waals surface area contributed by atoms with Gasteiger partial charge in [-0.2, -0.15) is 0 Å². The monoisotopic (exact) mass is 374 g/mol. The molecule has 0 radical (unpaired) electrons. The van der Waals surface area contributed by atoms with Crippen molar-refractivity contribution in [3.8, 4) is 11.5 Å². The summed E-state index contributed by atoms with van der Waals surface area (Å²) in [5, 5.41) is 9.63. The third-order valence-corrected chi connectivity index (χ3v) is 2.79. The molecule has 1 aliphatic rings. The first-order chi connectivity index (χ1) is 7.26. The molecule has 4 nitrogen and oxygen atoms in total. The van der Waals surface area contributed by atoms with Gasteiger partial charge < -0.3 is 0 Å². The molecule has 0 aromatic heterocycles. The Kier molecular flexibility index (Phi) is 2.87. The molecule has 1 aromatic rings. The van der Waals surface area contributed by atoms with Crippen LogP contribution < -0.4 is 9.47 Å². The van der Waals surface area contributed by atoms with Gasteiger partial charge >= 0.3 is 98.1 Å². The second-order valence-electron chi connectivity index (χ2n) is 2.91. The minimum absolute atomic E-state index is 0.0771. The number of hydrogen-bond donors (Lipinski definition) is 1. The Balaban J connectivity index is 2.58. The van der Waals surface area contributed by atoms with Crippen LogP contribution in [-0.2, 0) is 19.6 Å². The molecular weight excluding hydrogens is 366 g/mol. The fourth-order valence-electron chi connectivity index (χ4n) is 1.33. The zero-order valence-corrected chi connectivity index (χ0v) is 10.9. The van der Waals surface area contributed by atoms with Crippen molar-refractivity contribution in [1.29, 1.82) is 0 Å². The van der Waals surface area contributed by atoms with Crippen molar-refractivity contribution in [2.24, 2.45) is 3.50 Å². The zero-order valence-electron chi connectivity index (χ0n) is 7.98. The molecule has 78 valence electrons. The van der Waals surface area contributed by atoms with Crippen molar-refractivity contribution >= 4 is 11.4 Å². The summed E-state index contributed by atoms with van der Waals surface area (Å²) in [4.78, 5) is 0. The van der Waals surface area contributed by atoms with Gasteiger partial charge in [-0.15, -0.1) is 0 Å². The number of hydrogen-bond acceptors (Lipinski definition) is 4. The summed E-state index contributed by atoms with van der Waals surface area (Å²) in [6.45, 7) is 1.86. The van der Waals surface area contributed by atoms with Crippen LogP contribution in [0.4, 0.5) is 5.69 Å². The van der Waals surface area contributed by atoms with Gasteiger partial charge in [-0.05, 0) is 0 Å². The first-order valence-electron chi connectivity index (χ1n) is 4.27. The predicted octanol–water partition coefficient (Wildman–Crippen LogP) is 2.50. The zero-order chi connectivity index (χ0) is 10.8. The normalized spacial score (nSPS) is 14.1. The van der Waals surface area contributed by atoms with Gasteiger partial charge in [-0.3, -0.25) is 0 Å². The van der Waals surface area contributed by atoms with E-state index in [1.807, 2.05) is 0 Å². The molecule has 0 atom stereocenters. The summed E-state index contributed by atoms with van der Waals surface area (Å²) in [5.41, 5.74) is 1.32. The Morgan fingerprint density at radius 3 is 2.73 bits per heavy atom. The second kappa shape index (κ2) is 4.15. The maximum atomic E-state index is 9.63. The Labute approximate surface area is 98.3 Å². The van der Waals surface area contributed by atoms with Gasteiger partial charge in [0.1, 0.15) is 0 Å². The van der Waals surface area contributed by atoms with Crippen molar-refractivity contribution in [2.45, 2.75) is 6.92 Å². The van der Waals surface area contributed by atoms with E-state index in [0.29, 0.717) is 22.7 Å². The average molecular weight is 374 g/mol. The van der Waals surface area contributed by atoms with Crippen LogP contribution >= 0.6 is 0 Å². The number of aliphatic hydroxyl groups excluding tert-OH is 1. The molecule has 0 saturated carbocycles. The molecule has 1 heterocycles. The molecule has 1 N–H and O–H groups in total. The average Bonchev–Trinajstić information content (AvgIpc) is 2.73. The van der Waals surface area contributed by atoms with Crippen LogP contribution in [0.5, 0.6) is 11.5 Å². The Morgan fingerprint density at radius 2 is 2.13 bits per heavy atom. The molecule has 0 aliphatic carbocycles. The number of benzene rings is 1. The standard InChI is InChI=1S/C10H8NO3.W/c1-2-8(12)6-3-9-10(4-7(6)11)14-5-13-9;/h3-4,12H,5H2,1H3;/q-1;. The van der Waals surface area contributed by atoms with Gasteiger partial charge in [0.05, 0.1) is 0 Å². The van der Waals surface area contributed by atoms with Crippen molar-refractivity contribution < 1.29 is 34.2 Å². The molecule has 1 aromatic carbocycles. The topological polar surface area (TPSA) is 51.1 Å². The van der Waals surface area contributed by atoms with Gasteiger partial charge in [0.2, 0.25) is 0 Å². The fraction of sp³-hybridized carbons (Fsp3) is 0.200. The summed E-state index contributed by atoms with van der Waals surface area (Å²) in [7, 11) is 0. The Morgan fingerprint density at radius 1 is 1.47 bits per heavy atom. The predicted molar refractivity (Wildman–Crippen MR) is 49.6 cm³/mol. The van der Waals surface area contributed by atoms with Crippen molar-refractivity contribution in [1.82, 2.24) is 0 Å². The van der Waals surface area contributed by atoms with Gasteiger partial charge in [-0.25, -0.2) is 0 Å². The van der Waals surface area contributed by atoms with Crippen molar-refractivity contribution in [2.75, 3.05) is 6.79 Å². The number of allylic oxidation sites excluding steroid dienone is 1. The van der Waals surface area contributed by atoms with E-state index in [2.05, 4.69) is 9.57 Å². The van der Waals surface area contributed by atoms with E-state index in [-0.39, 0.29) is 12.6 Å². The SMILES string of the molecule is C[C-]=C(O)c1cc2c(cc1[N]=[W])OCO2. The maximum absolute atomic E-state index is 9.63. The molecule has 0 spiro atoms. The van der Waals surface area contributed by atoms with Crippen LogP contribution in [0.2, 0.25) is 0 Å². The van der Waals surface area contributed by atoms with E-state index >= 15 is 0 Å². The summed E-state index contributed by atoms with van der Waals surface area (Å²) in [6.07, 6.45) is 2.67. The van der Waals surface area contributed by atoms with Crippen molar-refractivity contribution in [3.05, 3.63) is 23.8 Å². The van der Waals surface area contributed by atoms with Crippen LogP contribution in [0.25, 0.3) is 5.76 Å². The molecule has 0 saturated heterocycles. The summed E-state index contributed by atoms with van der Waals surface area (Å²) in [6, 6.07) is 3.48. The van der Waals surface area contributed by atoms with E-state index in [0.717, 1.165) is 19.6 Å². The number of ether oxygens (including phenoxy) is 2. The number of nitrogens with zero attached hydrogens (tertiary/aromatic N) is 1. The molecule has 5 heteroatoms. The van der Waals surface area contributed by atoms with E-state index in [1.165, 1.54) is 0 Å². The quantitative estimate of drug-likeness (QED) is 0.640. The van der Waals surface area contributed by atoms with Gasteiger partial charge in [0.25, 0.3) is 0 Å². The molecule has 0 fully saturated rings. The van der Waals surface area contributed by atoms with E-state index in [9.17, 15) is 5.11 Å². The third kappa shape index (κ3) is 1.82. The summed E-state index contributed by atoms with van der Waals surface area (Å²) in [5.74, 6) is 1.38. The van der Waals surface area contributed by atoms with E-state index in [4.69, 9.17) is 9.47 Å². The second-order valence-corrected chi connectivity index (χ2v) is 3.57. The van der Waals surface area contributed by atoms with E-state index < -0.39 is 0 Å². The van der Waals surface area contributed by atoms with Crippen LogP contribution in [0.1, 0.15) is 12.5 Å². The molecular formula is C10H8NO3W-. The third-order valence-electron chi connectivity index (χ3n) is 2.08. The number of fused-ring (bicyclic) bond motifs is 1. The summed E-state index contributed by atoms with van der Waals surface area (Å²) < 4.78 is 14.6. The van der Waals surface area contributed by atoms with Crippen LogP contribution in [0, 0.1) is 6.08 Å². The molecule has 0 amide bonds. The van der Waals surface area contributed by atoms with Crippen LogP contribution in [0.3, 0.4) is 0 Å². The van der Waals surface area contributed by atoms with Gasteiger partial charge in [0.15, 0.2) is 0 Å². The first kappa shape index (κ1) is 10.4. The number of rotatable bonds is 2. The van der Waals surface area contributed by atoms with Crippen LogP contribution in [0.15, 0.2) is 15.6 Å². The molecule has 0 unspecified atom stereocenters. The van der Waals surface area contributed by atoms with E-state index in [1.54, 1.807) is 19.1 Å². The molecule has 0 bridgehead atoms. The molecule has 15 heavy (non-hydrogen) atoms. The minimum atomic E-state index is 0.0771. The molecule has 1 aliphatic heterocycles. The summed E-state index contributed by atoms with van der Waals surface area (Å²) >= 11 is 1.06. The van der Waals surface area contributed by atoms with Gasteiger partial charge in [-0.1, -0.05) is 0 Å². The van der Waals surface area contributed by atoms with Crippen LogP contribution in [-0.4, -0.2) is 11.9 Å². The molecule has 2 rings (SSSR count). The first-order valence-corrected chi connectivity index (χ1v) is 5.58. The number of aliphatic hydroxyl groups is 1. The fourth-order valence-corrected chi connectivity index (χ4v) is 1.87.